The number of para-hydroxylation sites is 1. The minimum atomic E-state index is -0.692. The van der Waals surface area contributed by atoms with E-state index in [4.69, 9.17) is 19.5 Å². The van der Waals surface area contributed by atoms with Gasteiger partial charge in [0.2, 0.25) is 5.13 Å². The minimum Gasteiger partial charge on any atom is -0.496 e. The molecule has 2 fully saturated rings. The summed E-state index contributed by atoms with van der Waals surface area (Å²) in [6, 6.07) is 14.3. The average molecular weight is 602 g/mol. The first-order chi connectivity index (χ1) is 20.1. The van der Waals surface area contributed by atoms with Crippen molar-refractivity contribution in [3.05, 3.63) is 68.9 Å². The summed E-state index contributed by atoms with van der Waals surface area (Å²) in [5.41, 5.74) is 4.36. The van der Waals surface area contributed by atoms with Gasteiger partial charge < -0.3 is 14.8 Å². The van der Waals surface area contributed by atoms with Crippen LogP contribution in [-0.2, 0) is 19.7 Å². The molecule has 1 aliphatic heterocycles. The predicted octanol–water partition coefficient (Wildman–Crippen LogP) is 7.55. The fourth-order valence-electron chi connectivity index (χ4n) is 7.00. The highest BCUT2D eigenvalue weighted by molar-refractivity contribution is 8.18. The largest absolute Gasteiger partial charge is 0.496 e. The van der Waals surface area contributed by atoms with Crippen LogP contribution in [0.15, 0.2) is 52.4 Å². The van der Waals surface area contributed by atoms with Crippen LogP contribution in [0.2, 0.25) is 0 Å². The predicted molar refractivity (Wildman–Crippen MR) is 170 cm³/mol. The van der Waals surface area contributed by atoms with Gasteiger partial charge in [-0.3, -0.25) is 9.59 Å². The first-order valence-corrected chi connectivity index (χ1v) is 15.9. The van der Waals surface area contributed by atoms with E-state index in [9.17, 15) is 9.59 Å². The van der Waals surface area contributed by atoms with Gasteiger partial charge in [-0.15, -0.1) is 0 Å². The van der Waals surface area contributed by atoms with E-state index in [1.165, 1.54) is 41.3 Å². The number of aromatic nitrogens is 1. The van der Waals surface area contributed by atoms with E-state index in [0.717, 1.165) is 41.0 Å². The zero-order chi connectivity index (χ0) is 29.8. The Morgan fingerprint density at radius 2 is 1.95 bits per heavy atom. The number of hydrogen-bond donors (Lipinski definition) is 1. The number of hydrogen-bond acceptors (Lipinski definition) is 8. The van der Waals surface area contributed by atoms with Crippen LogP contribution in [-0.4, -0.2) is 36.2 Å². The van der Waals surface area contributed by atoms with Gasteiger partial charge in [0.05, 0.1) is 30.2 Å². The molecule has 42 heavy (non-hydrogen) atoms. The molecular formula is C33H35N3O4S2. The number of rotatable bonds is 5. The van der Waals surface area contributed by atoms with Crippen LogP contribution >= 0.6 is 23.1 Å². The Morgan fingerprint density at radius 1 is 1.17 bits per heavy atom. The molecule has 1 N–H and O–H groups in total. The highest BCUT2D eigenvalue weighted by Crippen LogP contribution is 2.65. The maximum atomic E-state index is 13.4. The molecule has 1 aromatic heterocycles. The van der Waals surface area contributed by atoms with Gasteiger partial charge in [0.25, 0.3) is 5.91 Å². The molecule has 0 spiro atoms. The lowest BCUT2D eigenvalue weighted by atomic mass is 9.50. The normalized spacial score (nSPS) is 26.5. The van der Waals surface area contributed by atoms with Crippen molar-refractivity contribution in [3.8, 4) is 17.0 Å². The van der Waals surface area contributed by atoms with Crippen LogP contribution in [0.1, 0.15) is 80.4 Å². The van der Waals surface area contributed by atoms with Gasteiger partial charge in [0.15, 0.2) is 5.17 Å². The van der Waals surface area contributed by atoms with Crippen LogP contribution in [0.4, 0.5) is 5.13 Å². The number of benzene rings is 2. The van der Waals surface area contributed by atoms with E-state index in [1.54, 1.807) is 7.11 Å². The third-order valence-corrected chi connectivity index (χ3v) is 11.0. The lowest BCUT2D eigenvalue weighted by Crippen LogP contribution is -2.50. The SMILES string of the molecule is COC(=O)[C@]1(C)CCC[C@]2(C)c3ccc(C(C)C)cc3-c3nc(/N=C4\NC(=O)/C(=C/c5ccccc5OC)S4)sc3C12. The van der Waals surface area contributed by atoms with Gasteiger partial charge >= 0.3 is 5.97 Å². The van der Waals surface area contributed by atoms with Crippen molar-refractivity contribution in [2.45, 2.75) is 64.2 Å². The number of thioether (sulfide) groups is 1. The maximum absolute atomic E-state index is 13.4. The molecule has 1 saturated carbocycles. The van der Waals surface area contributed by atoms with Gasteiger partial charge in [-0.25, -0.2) is 4.98 Å². The maximum Gasteiger partial charge on any atom is 0.312 e. The number of nitrogens with zero attached hydrogens (tertiary/aromatic N) is 2. The van der Waals surface area contributed by atoms with Gasteiger partial charge in [-0.2, -0.15) is 4.99 Å². The molecule has 2 heterocycles. The summed E-state index contributed by atoms with van der Waals surface area (Å²) >= 11 is 2.80. The second-order valence-electron chi connectivity index (χ2n) is 12.0. The Kier molecular flexibility index (Phi) is 7.30. The third kappa shape index (κ3) is 4.57. The number of methoxy groups -OCH3 is 2. The number of ether oxygens (including phenoxy) is 2. The number of amidine groups is 1. The van der Waals surface area contributed by atoms with Crippen LogP contribution in [0.3, 0.4) is 0 Å². The topological polar surface area (TPSA) is 89.9 Å². The Hall–Kier alpha value is -3.43. The van der Waals surface area contributed by atoms with Crippen LogP contribution in [0.5, 0.6) is 5.75 Å². The second-order valence-corrected chi connectivity index (χ2v) is 14.0. The molecular weight excluding hydrogens is 567 g/mol. The Labute approximate surface area is 254 Å². The van der Waals surface area contributed by atoms with E-state index >= 15 is 0 Å². The Bertz CT molecular complexity index is 1660. The van der Waals surface area contributed by atoms with E-state index in [0.29, 0.717) is 26.9 Å². The number of fused-ring (bicyclic) bond motifs is 6. The number of carbonyl (C=O) groups is 2. The molecule has 3 aromatic rings. The first kappa shape index (κ1) is 28.7. The summed E-state index contributed by atoms with van der Waals surface area (Å²) in [5.74, 6) is 0.568. The fraction of sp³-hybridized carbons (Fsp3) is 0.394. The molecule has 0 radical (unpaired) electrons. The van der Waals surface area contributed by atoms with Crippen molar-refractivity contribution in [3.63, 3.8) is 0 Å². The molecule has 1 saturated heterocycles. The van der Waals surface area contributed by atoms with Crippen molar-refractivity contribution >= 4 is 51.4 Å². The van der Waals surface area contributed by atoms with E-state index in [-0.39, 0.29) is 23.2 Å². The first-order valence-electron chi connectivity index (χ1n) is 14.3. The number of aliphatic imine (C=N–C) groups is 1. The summed E-state index contributed by atoms with van der Waals surface area (Å²) < 4.78 is 10.8. The smallest absolute Gasteiger partial charge is 0.312 e. The van der Waals surface area contributed by atoms with Crippen LogP contribution < -0.4 is 10.1 Å². The summed E-state index contributed by atoms with van der Waals surface area (Å²) in [5, 5.41) is 3.94. The standard InChI is InChI=1S/C33H35N3O4S2/c1-18(2)19-12-13-22-21(16-19)25-26(27-32(22,3)14-9-15-33(27,4)29(38)40-6)42-30(34-25)36-31-35-28(37)24(41-31)17-20-10-7-8-11-23(20)39-5/h7-8,10-13,16-18,27H,9,14-15H2,1-6H3,(H,34,35,36,37)/b24-17-/t27?,32-,33-/m1/s1. The number of amides is 1. The molecule has 9 heteroatoms. The molecule has 1 unspecified atom stereocenters. The molecule has 3 atom stereocenters. The zero-order valence-electron chi connectivity index (χ0n) is 24.7. The molecule has 6 rings (SSSR count). The van der Waals surface area contributed by atoms with Gasteiger partial charge in [-0.1, -0.05) is 68.9 Å². The lowest BCUT2D eigenvalue weighted by Gasteiger charge is -2.53. The molecule has 3 aliphatic rings. The Balaban J connectivity index is 1.45. The molecule has 2 aromatic carbocycles. The highest BCUT2D eigenvalue weighted by atomic mass is 32.2. The van der Waals surface area contributed by atoms with Crippen molar-refractivity contribution in [2.75, 3.05) is 14.2 Å². The average Bonchev–Trinajstić information content (AvgIpc) is 3.54. The molecule has 7 nitrogen and oxygen atoms in total. The third-order valence-electron chi connectivity index (χ3n) is 9.08. The van der Waals surface area contributed by atoms with Crippen molar-refractivity contribution < 1.29 is 19.1 Å². The number of nitrogens with one attached hydrogen (secondary N) is 1. The fourth-order valence-corrected chi connectivity index (χ4v) is 9.23. The summed E-state index contributed by atoms with van der Waals surface area (Å²) in [6.45, 7) is 8.73. The van der Waals surface area contributed by atoms with Crippen LogP contribution in [0.25, 0.3) is 17.3 Å². The minimum absolute atomic E-state index is 0.100. The summed E-state index contributed by atoms with van der Waals surface area (Å²) in [7, 11) is 3.09. The monoisotopic (exact) mass is 601 g/mol. The number of esters is 1. The molecule has 2 aliphatic carbocycles. The highest BCUT2D eigenvalue weighted by Gasteiger charge is 2.58. The summed E-state index contributed by atoms with van der Waals surface area (Å²) in [4.78, 5) is 37.7. The van der Waals surface area contributed by atoms with Crippen molar-refractivity contribution in [1.82, 2.24) is 10.3 Å². The second kappa shape index (κ2) is 10.7. The lowest BCUT2D eigenvalue weighted by molar-refractivity contribution is -0.157. The Morgan fingerprint density at radius 3 is 2.69 bits per heavy atom. The quantitative estimate of drug-likeness (QED) is 0.240. The summed E-state index contributed by atoms with van der Waals surface area (Å²) in [6.07, 6.45) is 4.48. The van der Waals surface area contributed by atoms with Crippen molar-refractivity contribution in [2.24, 2.45) is 10.4 Å². The van der Waals surface area contributed by atoms with E-state index < -0.39 is 5.41 Å². The molecule has 218 valence electrons. The molecule has 1 amide bonds. The number of carbonyl (C=O) groups excluding carboxylic acids is 2. The number of thiazole rings is 1. The van der Waals surface area contributed by atoms with E-state index in [1.807, 2.05) is 37.3 Å². The van der Waals surface area contributed by atoms with Crippen molar-refractivity contribution in [1.29, 1.82) is 0 Å². The van der Waals surface area contributed by atoms with Gasteiger partial charge in [0.1, 0.15) is 5.75 Å². The zero-order valence-corrected chi connectivity index (χ0v) is 26.4. The molecule has 0 bridgehead atoms. The van der Waals surface area contributed by atoms with Gasteiger partial charge in [-0.05, 0) is 66.8 Å². The van der Waals surface area contributed by atoms with Gasteiger partial charge in [0, 0.05) is 27.3 Å². The van der Waals surface area contributed by atoms with E-state index in [2.05, 4.69) is 44.3 Å². The van der Waals surface area contributed by atoms with Crippen LogP contribution in [0, 0.1) is 5.41 Å².